The van der Waals surface area contributed by atoms with Crippen molar-refractivity contribution in [2.45, 2.75) is 25.3 Å². The molecule has 17 heavy (non-hydrogen) atoms. The molecular formula is C13H21NO2S. The van der Waals surface area contributed by atoms with E-state index in [0.717, 1.165) is 13.1 Å². The average Bonchev–Trinajstić information content (AvgIpc) is 2.29. The molecule has 0 aliphatic heterocycles. The SMILES string of the molecule is COCc1cccc(CNCC(C)S(C)=O)c1. The van der Waals surface area contributed by atoms with Gasteiger partial charge in [0.2, 0.25) is 0 Å². The van der Waals surface area contributed by atoms with Gasteiger partial charge in [-0.3, -0.25) is 4.21 Å². The van der Waals surface area contributed by atoms with Gasteiger partial charge in [-0.05, 0) is 18.1 Å². The first-order valence-electron chi connectivity index (χ1n) is 5.73. The predicted octanol–water partition coefficient (Wildman–Crippen LogP) is 1.69. The van der Waals surface area contributed by atoms with E-state index in [1.165, 1.54) is 11.1 Å². The third kappa shape index (κ3) is 5.44. The van der Waals surface area contributed by atoms with Crippen molar-refractivity contribution in [3.05, 3.63) is 35.4 Å². The van der Waals surface area contributed by atoms with Crippen LogP contribution in [0.25, 0.3) is 0 Å². The van der Waals surface area contributed by atoms with Crippen molar-refractivity contribution in [1.29, 1.82) is 0 Å². The fourth-order valence-corrected chi connectivity index (χ4v) is 1.89. The van der Waals surface area contributed by atoms with Crippen LogP contribution in [0, 0.1) is 0 Å². The van der Waals surface area contributed by atoms with E-state index in [2.05, 4.69) is 23.5 Å². The van der Waals surface area contributed by atoms with Crippen molar-refractivity contribution >= 4 is 10.8 Å². The molecule has 1 N–H and O–H groups in total. The zero-order valence-electron chi connectivity index (χ0n) is 10.7. The van der Waals surface area contributed by atoms with Crippen LogP contribution in [0.5, 0.6) is 0 Å². The van der Waals surface area contributed by atoms with Gasteiger partial charge in [0, 0.05) is 42.5 Å². The molecule has 0 aromatic heterocycles. The van der Waals surface area contributed by atoms with E-state index in [1.807, 2.05) is 13.0 Å². The van der Waals surface area contributed by atoms with Crippen LogP contribution in [0.4, 0.5) is 0 Å². The molecule has 1 rings (SSSR count). The Labute approximate surface area is 106 Å². The van der Waals surface area contributed by atoms with Crippen LogP contribution in [0.3, 0.4) is 0 Å². The van der Waals surface area contributed by atoms with E-state index in [0.29, 0.717) is 6.61 Å². The smallest absolute Gasteiger partial charge is 0.0713 e. The van der Waals surface area contributed by atoms with Crippen LogP contribution < -0.4 is 5.32 Å². The van der Waals surface area contributed by atoms with Gasteiger partial charge in [0.15, 0.2) is 0 Å². The van der Waals surface area contributed by atoms with Crippen LogP contribution in [-0.4, -0.2) is 29.4 Å². The summed E-state index contributed by atoms with van der Waals surface area (Å²) in [4.78, 5) is 0. The van der Waals surface area contributed by atoms with Gasteiger partial charge < -0.3 is 10.1 Å². The summed E-state index contributed by atoms with van der Waals surface area (Å²) < 4.78 is 16.3. The highest BCUT2D eigenvalue weighted by molar-refractivity contribution is 7.84. The van der Waals surface area contributed by atoms with Crippen LogP contribution in [0.1, 0.15) is 18.1 Å². The lowest BCUT2D eigenvalue weighted by Crippen LogP contribution is -2.27. The molecular weight excluding hydrogens is 234 g/mol. The molecule has 0 saturated heterocycles. The topological polar surface area (TPSA) is 38.3 Å². The van der Waals surface area contributed by atoms with E-state index in [9.17, 15) is 4.21 Å². The molecule has 0 radical (unpaired) electrons. The maximum Gasteiger partial charge on any atom is 0.0713 e. The molecule has 4 heteroatoms. The molecule has 0 spiro atoms. The molecule has 0 amide bonds. The average molecular weight is 255 g/mol. The Kier molecular flexibility index (Phi) is 6.40. The summed E-state index contributed by atoms with van der Waals surface area (Å²) in [6, 6.07) is 8.30. The first kappa shape index (κ1) is 14.4. The highest BCUT2D eigenvalue weighted by atomic mass is 32.2. The maximum atomic E-state index is 11.2. The van der Waals surface area contributed by atoms with E-state index >= 15 is 0 Å². The van der Waals surface area contributed by atoms with Gasteiger partial charge in [-0.15, -0.1) is 0 Å². The van der Waals surface area contributed by atoms with Crippen LogP contribution in [0.15, 0.2) is 24.3 Å². The van der Waals surface area contributed by atoms with Crippen molar-refractivity contribution in [2.24, 2.45) is 0 Å². The third-order valence-corrected chi connectivity index (χ3v) is 3.93. The predicted molar refractivity (Wildman–Crippen MR) is 72.4 cm³/mol. The summed E-state index contributed by atoms with van der Waals surface area (Å²) in [7, 11) is 0.939. The van der Waals surface area contributed by atoms with Gasteiger partial charge in [-0.1, -0.05) is 24.3 Å². The third-order valence-electron chi connectivity index (χ3n) is 2.63. The number of hydrogen-bond donors (Lipinski definition) is 1. The second kappa shape index (κ2) is 7.58. The lowest BCUT2D eigenvalue weighted by molar-refractivity contribution is 0.185. The van der Waals surface area contributed by atoms with Crippen molar-refractivity contribution in [3.63, 3.8) is 0 Å². The quantitative estimate of drug-likeness (QED) is 0.806. The molecule has 0 bridgehead atoms. The van der Waals surface area contributed by atoms with Gasteiger partial charge in [-0.25, -0.2) is 0 Å². The molecule has 1 aromatic rings. The molecule has 0 saturated carbocycles. The fourth-order valence-electron chi connectivity index (χ4n) is 1.53. The molecule has 96 valence electrons. The lowest BCUT2D eigenvalue weighted by atomic mass is 10.1. The summed E-state index contributed by atoms with van der Waals surface area (Å²) in [5.41, 5.74) is 2.41. The van der Waals surface area contributed by atoms with Gasteiger partial charge in [0.1, 0.15) is 0 Å². The van der Waals surface area contributed by atoms with Gasteiger partial charge in [0.25, 0.3) is 0 Å². The Morgan fingerprint density at radius 1 is 1.41 bits per heavy atom. The second-order valence-corrected chi connectivity index (χ2v) is 6.00. The van der Waals surface area contributed by atoms with Gasteiger partial charge in [-0.2, -0.15) is 0 Å². The highest BCUT2D eigenvalue weighted by Crippen LogP contribution is 2.06. The number of benzene rings is 1. The first-order valence-corrected chi connectivity index (χ1v) is 7.35. The van der Waals surface area contributed by atoms with E-state index in [1.54, 1.807) is 13.4 Å². The summed E-state index contributed by atoms with van der Waals surface area (Å²) >= 11 is 0. The number of hydrogen-bond acceptors (Lipinski definition) is 3. The zero-order valence-corrected chi connectivity index (χ0v) is 11.5. The van der Waals surface area contributed by atoms with Crippen LogP contribution in [0.2, 0.25) is 0 Å². The Balaban J connectivity index is 2.41. The standard InChI is InChI=1S/C13H21NO2S/c1-11(17(3)15)8-14-9-12-5-4-6-13(7-12)10-16-2/h4-7,11,14H,8-10H2,1-3H3. The number of methoxy groups -OCH3 is 1. The molecule has 0 heterocycles. The number of nitrogens with one attached hydrogen (secondary N) is 1. The summed E-state index contributed by atoms with van der Waals surface area (Å²) in [5.74, 6) is 0. The minimum Gasteiger partial charge on any atom is -0.380 e. The maximum absolute atomic E-state index is 11.2. The highest BCUT2D eigenvalue weighted by Gasteiger charge is 2.04. The van der Waals surface area contributed by atoms with Crippen LogP contribution >= 0.6 is 0 Å². The van der Waals surface area contributed by atoms with E-state index in [-0.39, 0.29) is 5.25 Å². The van der Waals surface area contributed by atoms with E-state index < -0.39 is 10.8 Å². The Morgan fingerprint density at radius 2 is 2.12 bits per heavy atom. The van der Waals surface area contributed by atoms with Crippen LogP contribution in [-0.2, 0) is 28.7 Å². The molecule has 0 fully saturated rings. The second-order valence-electron chi connectivity index (χ2n) is 4.19. The molecule has 0 aliphatic rings. The minimum atomic E-state index is -0.758. The molecule has 3 nitrogen and oxygen atoms in total. The van der Waals surface area contributed by atoms with Crippen molar-refractivity contribution in [3.8, 4) is 0 Å². The Hall–Kier alpha value is -0.710. The Morgan fingerprint density at radius 3 is 2.76 bits per heavy atom. The Bertz CT molecular complexity index is 368. The van der Waals surface area contributed by atoms with Crippen molar-refractivity contribution in [2.75, 3.05) is 19.9 Å². The minimum absolute atomic E-state index is 0.192. The summed E-state index contributed by atoms with van der Waals surface area (Å²) in [5, 5.41) is 3.51. The molecule has 0 aliphatic carbocycles. The first-order chi connectivity index (χ1) is 8.13. The van der Waals surface area contributed by atoms with Gasteiger partial charge >= 0.3 is 0 Å². The zero-order chi connectivity index (χ0) is 12.7. The number of ether oxygens (including phenoxy) is 1. The number of rotatable bonds is 7. The van der Waals surface area contributed by atoms with Gasteiger partial charge in [0.05, 0.1) is 6.61 Å². The monoisotopic (exact) mass is 255 g/mol. The molecule has 2 unspecified atom stereocenters. The normalized spacial score (nSPS) is 14.5. The fraction of sp³-hybridized carbons (Fsp3) is 0.538. The molecule has 2 atom stereocenters. The molecule has 1 aromatic carbocycles. The van der Waals surface area contributed by atoms with Crippen molar-refractivity contribution in [1.82, 2.24) is 5.32 Å². The van der Waals surface area contributed by atoms with Crippen molar-refractivity contribution < 1.29 is 8.95 Å². The summed E-state index contributed by atoms with van der Waals surface area (Å²) in [6.45, 7) is 4.21. The largest absolute Gasteiger partial charge is 0.380 e. The summed E-state index contributed by atoms with van der Waals surface area (Å²) in [6.07, 6.45) is 1.74. The lowest BCUT2D eigenvalue weighted by Gasteiger charge is -2.10. The van der Waals surface area contributed by atoms with E-state index in [4.69, 9.17) is 4.74 Å².